The molecule has 1 aliphatic rings. The van der Waals surface area contributed by atoms with Crippen molar-refractivity contribution in [2.24, 2.45) is 5.92 Å². The van der Waals surface area contributed by atoms with Gasteiger partial charge in [0.05, 0.1) is 17.5 Å². The Kier molecular flexibility index (Phi) is 6.71. The van der Waals surface area contributed by atoms with Crippen LogP contribution in [0.25, 0.3) is 0 Å². The number of benzene rings is 2. The molecule has 0 unspecified atom stereocenters. The number of carbonyl (C=O) groups excluding carboxylic acids is 2. The molecule has 1 aliphatic heterocycles. The van der Waals surface area contributed by atoms with Gasteiger partial charge in [0.25, 0.3) is 5.91 Å². The number of carbonyl (C=O) groups is 2. The van der Waals surface area contributed by atoms with Gasteiger partial charge in [0.2, 0.25) is 5.91 Å². The van der Waals surface area contributed by atoms with Crippen LogP contribution in [-0.2, 0) is 11.0 Å². The Balaban J connectivity index is 1.64. The Hall–Kier alpha value is -2.54. The Morgan fingerprint density at radius 2 is 1.87 bits per heavy atom. The van der Waals surface area contributed by atoms with Gasteiger partial charge in [-0.05, 0) is 61.7 Å². The molecule has 0 radical (unpaired) electrons. The fourth-order valence-electron chi connectivity index (χ4n) is 3.55. The van der Waals surface area contributed by atoms with E-state index in [-0.39, 0.29) is 18.4 Å². The third-order valence-electron chi connectivity index (χ3n) is 5.24. The van der Waals surface area contributed by atoms with Gasteiger partial charge in [-0.3, -0.25) is 9.59 Å². The number of halogens is 4. The van der Waals surface area contributed by atoms with Crippen molar-refractivity contribution in [1.29, 1.82) is 0 Å². The second-order valence-electron chi connectivity index (χ2n) is 7.45. The van der Waals surface area contributed by atoms with E-state index in [2.05, 4.69) is 5.32 Å². The molecule has 30 heavy (non-hydrogen) atoms. The number of amides is 2. The van der Waals surface area contributed by atoms with Crippen LogP contribution in [0.5, 0.6) is 0 Å². The topological polar surface area (TPSA) is 49.4 Å². The van der Waals surface area contributed by atoms with Gasteiger partial charge in [-0.1, -0.05) is 23.7 Å². The summed E-state index contributed by atoms with van der Waals surface area (Å²) >= 11 is 5.86. The zero-order valence-electron chi connectivity index (χ0n) is 16.4. The molecule has 1 N–H and O–H groups in total. The summed E-state index contributed by atoms with van der Waals surface area (Å²) in [6.07, 6.45) is -3.15. The lowest BCUT2D eigenvalue weighted by Gasteiger charge is -2.32. The predicted octanol–water partition coefficient (Wildman–Crippen LogP) is 5.09. The molecule has 4 nitrogen and oxygen atoms in total. The van der Waals surface area contributed by atoms with Gasteiger partial charge in [0.1, 0.15) is 0 Å². The monoisotopic (exact) mass is 438 g/mol. The minimum absolute atomic E-state index is 0.171. The molecule has 0 spiro atoms. The predicted molar refractivity (Wildman–Crippen MR) is 108 cm³/mol. The highest BCUT2D eigenvalue weighted by Gasteiger charge is 2.32. The summed E-state index contributed by atoms with van der Waals surface area (Å²) in [5.41, 5.74) is 0.124. The van der Waals surface area contributed by atoms with Crippen LogP contribution in [0, 0.1) is 5.92 Å². The van der Waals surface area contributed by atoms with E-state index in [4.69, 9.17) is 11.6 Å². The minimum Gasteiger partial charge on any atom is -0.349 e. The van der Waals surface area contributed by atoms with E-state index in [9.17, 15) is 22.8 Å². The van der Waals surface area contributed by atoms with Gasteiger partial charge in [0, 0.05) is 23.7 Å². The van der Waals surface area contributed by atoms with E-state index >= 15 is 0 Å². The van der Waals surface area contributed by atoms with Crippen LogP contribution >= 0.6 is 11.6 Å². The third kappa shape index (κ3) is 5.33. The lowest BCUT2D eigenvalue weighted by molar-refractivity contribution is -0.137. The number of hydrogen-bond acceptors (Lipinski definition) is 2. The van der Waals surface area contributed by atoms with Gasteiger partial charge in [-0.15, -0.1) is 0 Å². The Labute approximate surface area is 178 Å². The minimum atomic E-state index is -4.44. The van der Waals surface area contributed by atoms with Gasteiger partial charge >= 0.3 is 6.18 Å². The number of hydrogen-bond donors (Lipinski definition) is 1. The molecule has 1 fully saturated rings. The van der Waals surface area contributed by atoms with E-state index in [1.807, 2.05) is 0 Å². The summed E-state index contributed by atoms with van der Waals surface area (Å²) in [5.74, 6) is -0.855. The van der Waals surface area contributed by atoms with Crippen molar-refractivity contribution in [3.63, 3.8) is 0 Å². The Morgan fingerprint density at radius 1 is 1.17 bits per heavy atom. The van der Waals surface area contributed by atoms with Crippen molar-refractivity contribution in [2.45, 2.75) is 32.0 Å². The molecule has 0 aliphatic carbocycles. The SMILES string of the molecule is C[C@H](NC(=O)[C@H]1CCCN(C(=O)c2ccc(Cl)cc2)C1)c1cccc(C(F)(F)F)c1. The van der Waals surface area contributed by atoms with E-state index in [1.54, 1.807) is 42.2 Å². The molecule has 8 heteroatoms. The van der Waals surface area contributed by atoms with Crippen molar-refractivity contribution in [3.05, 3.63) is 70.2 Å². The average Bonchev–Trinajstić information content (AvgIpc) is 2.73. The number of nitrogens with one attached hydrogen (secondary N) is 1. The molecule has 2 aromatic carbocycles. The highest BCUT2D eigenvalue weighted by molar-refractivity contribution is 6.30. The van der Waals surface area contributed by atoms with E-state index in [0.717, 1.165) is 12.1 Å². The first-order chi connectivity index (χ1) is 14.1. The highest BCUT2D eigenvalue weighted by atomic mass is 35.5. The van der Waals surface area contributed by atoms with E-state index in [1.165, 1.54) is 6.07 Å². The van der Waals surface area contributed by atoms with Crippen LogP contribution in [0.4, 0.5) is 13.2 Å². The molecule has 0 bridgehead atoms. The molecule has 1 saturated heterocycles. The van der Waals surface area contributed by atoms with E-state index in [0.29, 0.717) is 35.5 Å². The molecular weight excluding hydrogens is 417 g/mol. The maximum atomic E-state index is 12.9. The van der Waals surface area contributed by atoms with Gasteiger partial charge in [-0.2, -0.15) is 13.2 Å². The summed E-state index contributed by atoms with van der Waals surface area (Å²) in [4.78, 5) is 27.1. The van der Waals surface area contributed by atoms with Gasteiger partial charge in [-0.25, -0.2) is 0 Å². The molecule has 2 atom stereocenters. The van der Waals surface area contributed by atoms with Crippen molar-refractivity contribution in [3.8, 4) is 0 Å². The Bertz CT molecular complexity index is 915. The number of piperidine rings is 1. The first kappa shape index (κ1) is 22.2. The average molecular weight is 439 g/mol. The maximum absolute atomic E-state index is 12.9. The normalized spacial score (nSPS) is 18.0. The standard InChI is InChI=1S/C22H22ClF3N2O2/c1-14(16-4-2-6-18(12-16)22(24,25)26)27-20(29)17-5-3-11-28(13-17)21(30)15-7-9-19(23)10-8-15/h2,4,6-10,12,14,17H,3,5,11,13H2,1H3,(H,27,29)/t14-,17-/m0/s1. The van der Waals surface area contributed by atoms with Crippen LogP contribution in [-0.4, -0.2) is 29.8 Å². The molecule has 1 heterocycles. The zero-order chi connectivity index (χ0) is 21.9. The van der Waals surface area contributed by atoms with Crippen molar-refractivity contribution >= 4 is 23.4 Å². The second-order valence-corrected chi connectivity index (χ2v) is 7.89. The van der Waals surface area contributed by atoms with Crippen LogP contribution in [0.15, 0.2) is 48.5 Å². The molecule has 160 valence electrons. The maximum Gasteiger partial charge on any atom is 0.416 e. The fourth-order valence-corrected chi connectivity index (χ4v) is 3.68. The number of alkyl halides is 3. The fraction of sp³-hybridized carbons (Fsp3) is 0.364. The molecule has 0 saturated carbocycles. The first-order valence-corrected chi connectivity index (χ1v) is 10.1. The van der Waals surface area contributed by atoms with Crippen LogP contribution < -0.4 is 5.32 Å². The van der Waals surface area contributed by atoms with Crippen molar-refractivity contribution < 1.29 is 22.8 Å². The summed E-state index contributed by atoms with van der Waals surface area (Å²) in [5, 5.41) is 3.32. The largest absolute Gasteiger partial charge is 0.416 e. The number of nitrogens with zero attached hydrogens (tertiary/aromatic N) is 1. The Morgan fingerprint density at radius 3 is 2.53 bits per heavy atom. The lowest BCUT2D eigenvalue weighted by Crippen LogP contribution is -2.45. The number of likely N-dealkylation sites (tertiary alicyclic amines) is 1. The zero-order valence-corrected chi connectivity index (χ0v) is 17.1. The number of rotatable bonds is 4. The lowest BCUT2D eigenvalue weighted by atomic mass is 9.95. The summed E-state index contributed by atoms with van der Waals surface area (Å²) < 4.78 is 38.8. The first-order valence-electron chi connectivity index (χ1n) is 9.67. The summed E-state index contributed by atoms with van der Waals surface area (Å²) in [6, 6.07) is 10.9. The highest BCUT2D eigenvalue weighted by Crippen LogP contribution is 2.31. The molecule has 2 amide bonds. The van der Waals surface area contributed by atoms with E-state index < -0.39 is 23.7 Å². The molecular formula is C22H22ClF3N2O2. The summed E-state index contributed by atoms with van der Waals surface area (Å²) in [6.45, 7) is 2.46. The summed E-state index contributed by atoms with van der Waals surface area (Å²) in [7, 11) is 0. The van der Waals surface area contributed by atoms with Gasteiger partial charge in [0.15, 0.2) is 0 Å². The second kappa shape index (κ2) is 9.08. The van der Waals surface area contributed by atoms with Crippen molar-refractivity contribution in [1.82, 2.24) is 10.2 Å². The smallest absolute Gasteiger partial charge is 0.349 e. The third-order valence-corrected chi connectivity index (χ3v) is 5.50. The quantitative estimate of drug-likeness (QED) is 0.723. The molecule has 3 rings (SSSR count). The van der Waals surface area contributed by atoms with Gasteiger partial charge < -0.3 is 10.2 Å². The molecule has 0 aromatic heterocycles. The van der Waals surface area contributed by atoms with Crippen LogP contribution in [0.3, 0.4) is 0 Å². The van der Waals surface area contributed by atoms with Crippen LogP contribution in [0.1, 0.15) is 47.3 Å². The molecule has 2 aromatic rings. The van der Waals surface area contributed by atoms with Crippen LogP contribution in [0.2, 0.25) is 5.02 Å². The van der Waals surface area contributed by atoms with Crippen molar-refractivity contribution in [2.75, 3.05) is 13.1 Å².